The molecule has 0 aromatic rings. The maximum absolute atomic E-state index is 8.69. The molecular weight excluding hydrogens is 430 g/mol. The van der Waals surface area contributed by atoms with E-state index in [9.17, 15) is 0 Å². The molecular formula is H12Ca4Mn2O10. The van der Waals surface area contributed by atoms with Crippen molar-refractivity contribution in [2.75, 3.05) is 0 Å². The molecule has 10 nitrogen and oxygen atoms in total. The molecule has 0 spiro atoms. The second-order valence-corrected chi connectivity index (χ2v) is 3.27. The summed E-state index contributed by atoms with van der Waals surface area (Å²) in [7, 11) is 0. The molecule has 0 amide bonds. The summed E-state index contributed by atoms with van der Waals surface area (Å²) in [4.78, 5) is 0. The monoisotopic (exact) mass is 442 g/mol. The maximum atomic E-state index is 8.69. The first-order valence-corrected chi connectivity index (χ1v) is 5.41. The fourth-order valence-corrected chi connectivity index (χ4v) is 0. The van der Waals surface area contributed by atoms with Gasteiger partial charge in [-0.3, -0.25) is 10.5 Å². The first kappa shape index (κ1) is 42.8. The van der Waals surface area contributed by atoms with Crippen LogP contribution < -0.4 is 0 Å². The van der Waals surface area contributed by atoms with Crippen molar-refractivity contribution < 1.29 is 79.3 Å². The van der Waals surface area contributed by atoms with Crippen LogP contribution >= 0.6 is 0 Å². The fraction of sp³-hybridized carbons (Fsp3) is 0. The van der Waals surface area contributed by atoms with Crippen molar-refractivity contribution in [2.24, 2.45) is 0 Å². The first-order valence-electron chi connectivity index (χ1n) is 1.46. The number of hydrogen-bond donors (Lipinski definition) is 4. The second-order valence-electron chi connectivity index (χ2n) is 0.792. The molecule has 4 N–H and O–H groups in total. The molecule has 16 heteroatoms. The van der Waals surface area contributed by atoms with Gasteiger partial charge in [0.1, 0.15) is 0 Å². The van der Waals surface area contributed by atoms with E-state index in [2.05, 4.69) is 0 Å². The van der Waals surface area contributed by atoms with Gasteiger partial charge in [0.05, 0.1) is 0 Å². The van der Waals surface area contributed by atoms with Gasteiger partial charge in [0.15, 0.2) is 0 Å². The Balaban J connectivity index is -0.00000000323. The third-order valence-electron chi connectivity index (χ3n) is 0. The van der Waals surface area contributed by atoms with E-state index in [1.807, 2.05) is 0 Å². The third-order valence-corrected chi connectivity index (χ3v) is 0. The van der Waals surface area contributed by atoms with Gasteiger partial charge in [-0.1, -0.05) is 0 Å². The summed E-state index contributed by atoms with van der Waals surface area (Å²) in [6.45, 7) is 0. The minimum absolute atomic E-state index is 0. The summed E-state index contributed by atoms with van der Waals surface area (Å²) >= 11 is -10.8. The zero-order valence-corrected chi connectivity index (χ0v) is 19.0. The van der Waals surface area contributed by atoms with E-state index in [-0.39, 0.29) is 162 Å². The van der Waals surface area contributed by atoms with Gasteiger partial charge in [0.25, 0.3) is 0 Å². The molecule has 0 aromatic heterocycles. The molecule has 0 aliphatic carbocycles. The van der Waals surface area contributed by atoms with Gasteiger partial charge in [-0.25, -0.2) is 0 Å². The molecule has 0 heterocycles. The van der Waals surface area contributed by atoms with Crippen LogP contribution in [0.5, 0.6) is 0 Å². The molecule has 0 fully saturated rings. The zero-order chi connectivity index (χ0) is 11.0. The minimum atomic E-state index is -5.38. The van der Waals surface area contributed by atoms with Crippen LogP contribution in [0.4, 0.5) is 0 Å². The van der Waals surface area contributed by atoms with Crippen LogP contribution in [0.1, 0.15) is 11.4 Å². The molecule has 0 radical (unpaired) electrons. The number of rotatable bonds is 0. The zero-order valence-electron chi connectivity index (χ0n) is 15.8. The van der Waals surface area contributed by atoms with Crippen LogP contribution in [-0.2, 0) is 48.9 Å². The summed E-state index contributed by atoms with van der Waals surface area (Å²) < 4.78 is 66.1. The van der Waals surface area contributed by atoms with Crippen molar-refractivity contribution in [3.05, 3.63) is 0 Å². The fourth-order valence-electron chi connectivity index (χ4n) is 0. The van der Waals surface area contributed by atoms with Crippen molar-refractivity contribution >= 4 is 151 Å². The molecule has 94 valence electrons. The molecule has 0 aliphatic heterocycles. The van der Waals surface area contributed by atoms with Gasteiger partial charge in [-0.15, -0.1) is 0 Å². The van der Waals surface area contributed by atoms with Crippen LogP contribution in [0.15, 0.2) is 0 Å². The topological polar surface area (TPSA) is 183 Å². The van der Waals surface area contributed by atoms with Crippen molar-refractivity contribution in [1.29, 1.82) is 0 Å². The van der Waals surface area contributed by atoms with E-state index in [1.54, 1.807) is 0 Å². The molecule has 0 aromatic carbocycles. The van der Waals surface area contributed by atoms with Gasteiger partial charge in [-0.2, -0.15) is 0 Å². The van der Waals surface area contributed by atoms with E-state index in [4.69, 9.17) is 41.9 Å². The first-order chi connectivity index (χ1) is 5.00. The van der Waals surface area contributed by atoms with Gasteiger partial charge in [0.2, 0.25) is 0 Å². The van der Waals surface area contributed by atoms with Crippen LogP contribution in [0.25, 0.3) is 0 Å². The van der Waals surface area contributed by atoms with E-state index in [0.29, 0.717) is 0 Å². The summed E-state index contributed by atoms with van der Waals surface area (Å²) in [5, 5.41) is 12.0. The molecule has 0 bridgehead atoms. The summed E-state index contributed by atoms with van der Waals surface area (Å²) in [6, 6.07) is 0. The molecule has 0 aliphatic rings. The summed E-state index contributed by atoms with van der Waals surface area (Å²) in [6.07, 6.45) is 0. The molecule has 0 saturated carbocycles. The average Bonchev–Trinajstić information content (AvgIpc) is 1.59. The molecule has 16 heavy (non-hydrogen) atoms. The van der Waals surface area contributed by atoms with Crippen molar-refractivity contribution in [3.63, 3.8) is 0 Å². The average molecular weight is 442 g/mol. The van der Waals surface area contributed by atoms with Crippen molar-refractivity contribution in [2.45, 2.75) is 0 Å². The Labute approximate surface area is 225 Å². The van der Waals surface area contributed by atoms with Crippen LogP contribution in [0.3, 0.4) is 0 Å². The SMILES string of the molecule is OO.[Ca+2].[Ca+2].[Ca+2].[Ca+2].[H-].[H-].[H-].[H-].[H-].[H-].[H-].[H-].[O]=[Mn](=[O])(=[O])[OH].[O]=[Mn](=[O])(=[O])[OH]. The van der Waals surface area contributed by atoms with E-state index >= 15 is 0 Å². The molecule has 0 saturated heterocycles. The predicted molar refractivity (Wildman–Crippen MR) is 45.7 cm³/mol. The Bertz CT molecular complexity index is 327. The Morgan fingerprint density at radius 1 is 0.562 bits per heavy atom. The quantitative estimate of drug-likeness (QED) is 0.179. The Hall–Kier alpha value is 4.72. The van der Waals surface area contributed by atoms with Crippen molar-refractivity contribution in [3.8, 4) is 0 Å². The van der Waals surface area contributed by atoms with E-state index in [1.165, 1.54) is 0 Å². The van der Waals surface area contributed by atoms with Crippen LogP contribution in [0.2, 0.25) is 0 Å². The van der Waals surface area contributed by atoms with Gasteiger partial charge in [-0.05, 0) is 0 Å². The van der Waals surface area contributed by atoms with E-state index < -0.39 is 25.9 Å². The van der Waals surface area contributed by atoms with Crippen LogP contribution in [0, 0.1) is 0 Å². The molecule has 0 unspecified atom stereocenters. The summed E-state index contributed by atoms with van der Waals surface area (Å²) in [5.74, 6) is 0. The normalized spacial score (nSPS) is 7.50. The predicted octanol–water partition coefficient (Wildman–Crippen LogP) is -2.44. The van der Waals surface area contributed by atoms with E-state index in [0.717, 1.165) is 0 Å². The standard InChI is InChI=1S/4Ca.2Mn.H2O2.2H2O.6O.8H/c;;;;;;1-2;;;;;;;;;;;;;;;;/h;;;;;;1-2H;2*1H2;;;;;;;;;;;;;;/q4*+2;2*+1;;;;;;;;;;8*-1/p-2. The van der Waals surface area contributed by atoms with Gasteiger partial charge in [0, 0.05) is 0 Å². The summed E-state index contributed by atoms with van der Waals surface area (Å²) in [5.41, 5.74) is 0. The Morgan fingerprint density at radius 3 is 0.562 bits per heavy atom. The van der Waals surface area contributed by atoms with Crippen molar-refractivity contribution in [1.82, 2.24) is 0 Å². The Morgan fingerprint density at radius 2 is 0.562 bits per heavy atom. The van der Waals surface area contributed by atoms with Gasteiger partial charge >= 0.3 is 208 Å². The second kappa shape index (κ2) is 24.7. The molecule has 0 atom stereocenters. The van der Waals surface area contributed by atoms with Crippen LogP contribution in [-0.4, -0.2) is 170 Å². The Kier molecular flexibility index (Phi) is 66.1. The number of hydrogen-bond acceptors (Lipinski definition) is 8. The third kappa shape index (κ3) is 264. The molecule has 0 rings (SSSR count). The van der Waals surface area contributed by atoms with Gasteiger partial charge < -0.3 is 11.4 Å².